The van der Waals surface area contributed by atoms with Crippen molar-refractivity contribution in [3.63, 3.8) is 0 Å². The number of hydrogen-bond acceptors (Lipinski definition) is 5. The van der Waals surface area contributed by atoms with Crippen molar-refractivity contribution in [2.75, 3.05) is 16.8 Å². The zero-order valence-corrected chi connectivity index (χ0v) is 21.6. The Labute approximate surface area is 220 Å². The number of hydrogen-bond donors (Lipinski definition) is 2. The highest BCUT2D eigenvalue weighted by Gasteiger charge is 2.20. The van der Waals surface area contributed by atoms with E-state index in [0.29, 0.717) is 12.2 Å². The molecule has 0 bridgehead atoms. The fraction of sp³-hybridized carbons (Fsp3) is 0.286. The van der Waals surface area contributed by atoms with Gasteiger partial charge in [-0.1, -0.05) is 74.7 Å². The Hall–Kier alpha value is -3.85. The lowest BCUT2D eigenvalue weighted by molar-refractivity contribution is -0.383. The minimum absolute atomic E-state index is 0.0255. The number of urea groups is 1. The van der Waals surface area contributed by atoms with Gasteiger partial charge in [-0.3, -0.25) is 19.8 Å². The van der Waals surface area contributed by atoms with Crippen molar-refractivity contribution >= 4 is 40.8 Å². The molecule has 0 aliphatic heterocycles. The Kier molecular flexibility index (Phi) is 10.5. The maximum absolute atomic E-state index is 13.3. The standard InChI is InChI=1S/C28H31N3O5S/c1-2-3-4-5-8-18-30(28(34)29-25-12-6-7-13-26(25)31(35)36)22-10-9-11-24(20-22)37-23-16-14-21(15-17-23)19-27(32)33/h6-7,9-17,20H,2-5,8,18-19H2,1H3,(H,29,34)(H,32,33). The molecule has 0 spiro atoms. The average Bonchev–Trinajstić information content (AvgIpc) is 2.87. The van der Waals surface area contributed by atoms with E-state index in [4.69, 9.17) is 5.11 Å². The van der Waals surface area contributed by atoms with Gasteiger partial charge in [0.05, 0.1) is 11.3 Å². The van der Waals surface area contributed by atoms with E-state index in [2.05, 4.69) is 12.2 Å². The van der Waals surface area contributed by atoms with Crippen LogP contribution in [-0.2, 0) is 11.2 Å². The first-order chi connectivity index (χ1) is 17.9. The van der Waals surface area contributed by atoms with Crippen molar-refractivity contribution in [1.82, 2.24) is 0 Å². The molecular weight excluding hydrogens is 490 g/mol. The normalized spacial score (nSPS) is 10.6. The molecule has 0 aliphatic rings. The third-order valence-electron chi connectivity index (χ3n) is 5.72. The van der Waals surface area contributed by atoms with Gasteiger partial charge in [-0.2, -0.15) is 0 Å². The van der Waals surface area contributed by atoms with Crippen LogP contribution in [0.5, 0.6) is 0 Å². The van der Waals surface area contributed by atoms with Gasteiger partial charge in [-0.25, -0.2) is 4.79 Å². The number of amides is 2. The van der Waals surface area contributed by atoms with Crippen LogP contribution >= 0.6 is 11.8 Å². The molecule has 9 heteroatoms. The summed E-state index contributed by atoms with van der Waals surface area (Å²) < 4.78 is 0. The van der Waals surface area contributed by atoms with Crippen LogP contribution in [0.1, 0.15) is 44.6 Å². The third-order valence-corrected chi connectivity index (χ3v) is 6.71. The summed E-state index contributed by atoms with van der Waals surface area (Å²) >= 11 is 1.51. The molecule has 0 heterocycles. The minimum atomic E-state index is -0.873. The Morgan fingerprint density at radius 2 is 1.68 bits per heavy atom. The van der Waals surface area contributed by atoms with Gasteiger partial charge in [-0.05, 0) is 48.4 Å². The number of nitrogens with zero attached hydrogens (tertiary/aromatic N) is 2. The molecule has 0 aromatic heterocycles. The van der Waals surface area contributed by atoms with Crippen molar-refractivity contribution in [2.24, 2.45) is 0 Å². The van der Waals surface area contributed by atoms with Crippen LogP contribution in [0.25, 0.3) is 0 Å². The van der Waals surface area contributed by atoms with Gasteiger partial charge in [0.25, 0.3) is 5.69 Å². The van der Waals surface area contributed by atoms with Gasteiger partial charge in [-0.15, -0.1) is 0 Å². The van der Waals surface area contributed by atoms with E-state index in [1.54, 1.807) is 29.2 Å². The number of carbonyl (C=O) groups is 2. The molecule has 194 valence electrons. The lowest BCUT2D eigenvalue weighted by Crippen LogP contribution is -2.36. The van der Waals surface area contributed by atoms with Crippen LogP contribution in [0.2, 0.25) is 0 Å². The molecule has 0 aliphatic carbocycles. The molecule has 0 saturated heterocycles. The van der Waals surface area contributed by atoms with Crippen LogP contribution in [0.4, 0.5) is 21.9 Å². The molecule has 37 heavy (non-hydrogen) atoms. The smallest absolute Gasteiger partial charge is 0.326 e. The zero-order valence-electron chi connectivity index (χ0n) is 20.8. The summed E-state index contributed by atoms with van der Waals surface area (Å²) in [6.07, 6.45) is 5.12. The summed E-state index contributed by atoms with van der Waals surface area (Å²) in [5, 5.41) is 23.1. The summed E-state index contributed by atoms with van der Waals surface area (Å²) in [4.78, 5) is 38.7. The largest absolute Gasteiger partial charge is 0.481 e. The SMILES string of the molecule is CCCCCCCN(C(=O)Nc1ccccc1[N+](=O)[O-])c1cccc(Sc2ccc(CC(=O)O)cc2)c1. The summed E-state index contributed by atoms with van der Waals surface area (Å²) in [6.45, 7) is 2.63. The topological polar surface area (TPSA) is 113 Å². The van der Waals surface area contributed by atoms with E-state index in [-0.39, 0.29) is 17.8 Å². The van der Waals surface area contributed by atoms with E-state index in [1.165, 1.54) is 23.9 Å². The number of carboxylic acids is 1. The van der Waals surface area contributed by atoms with Gasteiger partial charge in [0.2, 0.25) is 0 Å². The number of unbranched alkanes of at least 4 members (excludes halogenated alkanes) is 4. The molecule has 2 N–H and O–H groups in total. The van der Waals surface area contributed by atoms with Gasteiger partial charge in [0.15, 0.2) is 0 Å². The van der Waals surface area contributed by atoms with Gasteiger partial charge >= 0.3 is 12.0 Å². The number of anilines is 2. The molecule has 0 radical (unpaired) electrons. The number of nitrogens with one attached hydrogen (secondary N) is 1. The molecule has 0 atom stereocenters. The number of nitro benzene ring substituents is 1. The van der Waals surface area contributed by atoms with Crippen molar-refractivity contribution in [3.8, 4) is 0 Å². The highest BCUT2D eigenvalue weighted by atomic mass is 32.2. The second kappa shape index (κ2) is 14.0. The fourth-order valence-corrected chi connectivity index (χ4v) is 4.71. The Bertz CT molecular complexity index is 1220. The highest BCUT2D eigenvalue weighted by molar-refractivity contribution is 7.99. The Balaban J connectivity index is 1.79. The third kappa shape index (κ3) is 8.64. The number of carboxylic acid groups (broad SMARTS) is 1. The number of benzene rings is 3. The first kappa shape index (κ1) is 27.7. The quantitative estimate of drug-likeness (QED) is 0.138. The van der Waals surface area contributed by atoms with E-state index >= 15 is 0 Å². The number of nitro groups is 1. The predicted molar refractivity (Wildman–Crippen MR) is 147 cm³/mol. The van der Waals surface area contributed by atoms with Crippen LogP contribution in [0, 0.1) is 10.1 Å². The van der Waals surface area contributed by atoms with Crippen LogP contribution in [-0.4, -0.2) is 28.6 Å². The lowest BCUT2D eigenvalue weighted by atomic mass is 10.1. The number of rotatable bonds is 13. The first-order valence-corrected chi connectivity index (χ1v) is 13.1. The minimum Gasteiger partial charge on any atom is -0.481 e. The monoisotopic (exact) mass is 521 g/mol. The van der Waals surface area contributed by atoms with Gasteiger partial charge in [0, 0.05) is 28.1 Å². The fourth-order valence-electron chi connectivity index (χ4n) is 3.84. The summed E-state index contributed by atoms with van der Waals surface area (Å²) in [5.74, 6) is -0.873. The summed E-state index contributed by atoms with van der Waals surface area (Å²) in [6, 6.07) is 20.6. The van der Waals surface area contributed by atoms with Gasteiger partial charge in [0.1, 0.15) is 5.69 Å². The Morgan fingerprint density at radius 3 is 2.38 bits per heavy atom. The zero-order chi connectivity index (χ0) is 26.6. The lowest BCUT2D eigenvalue weighted by Gasteiger charge is -2.24. The molecule has 3 aromatic rings. The number of carbonyl (C=O) groups excluding carboxylic acids is 1. The average molecular weight is 522 g/mol. The summed E-state index contributed by atoms with van der Waals surface area (Å²) in [5.41, 5.74) is 1.42. The van der Waals surface area contributed by atoms with E-state index in [1.807, 2.05) is 36.4 Å². The molecule has 3 aromatic carbocycles. The van der Waals surface area contributed by atoms with Crippen molar-refractivity contribution < 1.29 is 19.6 Å². The summed E-state index contributed by atoms with van der Waals surface area (Å²) in [7, 11) is 0. The molecule has 8 nitrogen and oxygen atoms in total. The van der Waals surface area contributed by atoms with Crippen LogP contribution in [0.3, 0.4) is 0 Å². The van der Waals surface area contributed by atoms with Crippen LogP contribution < -0.4 is 10.2 Å². The highest BCUT2D eigenvalue weighted by Crippen LogP contribution is 2.31. The van der Waals surface area contributed by atoms with Crippen molar-refractivity contribution in [3.05, 3.63) is 88.5 Å². The van der Waals surface area contributed by atoms with Crippen molar-refractivity contribution in [1.29, 1.82) is 0 Å². The predicted octanol–water partition coefficient (Wildman–Crippen LogP) is 7.38. The second-order valence-electron chi connectivity index (χ2n) is 8.58. The number of para-hydroxylation sites is 2. The molecule has 0 unspecified atom stereocenters. The van der Waals surface area contributed by atoms with Crippen LogP contribution in [0.15, 0.2) is 82.6 Å². The molecule has 2 amide bonds. The van der Waals surface area contributed by atoms with E-state index in [9.17, 15) is 19.7 Å². The van der Waals surface area contributed by atoms with E-state index < -0.39 is 16.9 Å². The number of aliphatic carboxylic acids is 1. The molecule has 0 saturated carbocycles. The second-order valence-corrected chi connectivity index (χ2v) is 9.73. The molecule has 0 fully saturated rings. The van der Waals surface area contributed by atoms with Gasteiger partial charge < -0.3 is 10.4 Å². The van der Waals surface area contributed by atoms with Crippen molar-refractivity contribution in [2.45, 2.75) is 55.2 Å². The maximum atomic E-state index is 13.3. The molecule has 3 rings (SSSR count). The Morgan fingerprint density at radius 1 is 0.946 bits per heavy atom. The maximum Gasteiger partial charge on any atom is 0.326 e. The molecular formula is C28H31N3O5S. The first-order valence-electron chi connectivity index (χ1n) is 12.3. The van der Waals surface area contributed by atoms with E-state index in [0.717, 1.165) is 47.5 Å².